The summed E-state index contributed by atoms with van der Waals surface area (Å²) in [4.78, 5) is 12.0. The molecule has 1 amide bonds. The number of carbonyl (C=O) groups excluding carboxylic acids is 1. The SMILES string of the molecule is O=C(CNc1cccc(OCCCc2ccccc2)c1)Nc1ccccc1. The zero-order chi connectivity index (χ0) is 18.7. The molecule has 0 fully saturated rings. The molecule has 0 aliphatic carbocycles. The highest BCUT2D eigenvalue weighted by Crippen LogP contribution is 2.17. The molecule has 0 heterocycles. The molecule has 0 aliphatic heterocycles. The molecule has 4 nitrogen and oxygen atoms in total. The summed E-state index contributed by atoms with van der Waals surface area (Å²) in [7, 11) is 0. The first-order chi connectivity index (χ1) is 13.3. The first-order valence-corrected chi connectivity index (χ1v) is 9.15. The van der Waals surface area contributed by atoms with Crippen molar-refractivity contribution in [3.63, 3.8) is 0 Å². The Morgan fingerprint density at radius 1 is 0.815 bits per heavy atom. The molecule has 138 valence electrons. The molecule has 0 aromatic heterocycles. The van der Waals surface area contributed by atoms with Gasteiger partial charge in [-0.1, -0.05) is 54.6 Å². The minimum absolute atomic E-state index is 0.0876. The lowest BCUT2D eigenvalue weighted by Gasteiger charge is -2.10. The van der Waals surface area contributed by atoms with E-state index in [1.54, 1.807) is 0 Å². The van der Waals surface area contributed by atoms with E-state index in [9.17, 15) is 4.79 Å². The summed E-state index contributed by atoms with van der Waals surface area (Å²) in [5, 5.41) is 5.98. The fourth-order valence-electron chi connectivity index (χ4n) is 2.72. The molecular weight excluding hydrogens is 336 g/mol. The van der Waals surface area contributed by atoms with E-state index in [1.807, 2.05) is 60.7 Å². The van der Waals surface area contributed by atoms with Crippen molar-refractivity contribution in [1.29, 1.82) is 0 Å². The highest BCUT2D eigenvalue weighted by molar-refractivity contribution is 5.93. The normalized spacial score (nSPS) is 10.2. The maximum absolute atomic E-state index is 12.0. The van der Waals surface area contributed by atoms with Crippen LogP contribution < -0.4 is 15.4 Å². The van der Waals surface area contributed by atoms with E-state index < -0.39 is 0 Å². The van der Waals surface area contributed by atoms with Gasteiger partial charge in [0.05, 0.1) is 13.2 Å². The van der Waals surface area contributed by atoms with Gasteiger partial charge in [-0.05, 0) is 42.7 Å². The minimum Gasteiger partial charge on any atom is -0.494 e. The van der Waals surface area contributed by atoms with E-state index in [4.69, 9.17) is 4.74 Å². The molecule has 0 radical (unpaired) electrons. The van der Waals surface area contributed by atoms with Gasteiger partial charge < -0.3 is 15.4 Å². The van der Waals surface area contributed by atoms with Crippen LogP contribution in [0, 0.1) is 0 Å². The summed E-state index contributed by atoms with van der Waals surface area (Å²) in [5.74, 6) is 0.715. The highest BCUT2D eigenvalue weighted by atomic mass is 16.5. The fraction of sp³-hybridized carbons (Fsp3) is 0.174. The molecule has 27 heavy (non-hydrogen) atoms. The first-order valence-electron chi connectivity index (χ1n) is 9.15. The molecule has 3 aromatic carbocycles. The molecule has 0 spiro atoms. The molecular formula is C23H24N2O2. The molecule has 0 atom stereocenters. The largest absolute Gasteiger partial charge is 0.494 e. The van der Waals surface area contributed by atoms with Crippen LogP contribution in [0.1, 0.15) is 12.0 Å². The van der Waals surface area contributed by atoms with E-state index in [2.05, 4.69) is 34.9 Å². The lowest BCUT2D eigenvalue weighted by Crippen LogP contribution is -2.21. The summed E-state index contributed by atoms with van der Waals surface area (Å²) in [6.45, 7) is 0.860. The zero-order valence-electron chi connectivity index (χ0n) is 15.2. The average molecular weight is 360 g/mol. The molecule has 0 saturated heterocycles. The second-order valence-electron chi connectivity index (χ2n) is 6.23. The molecule has 3 rings (SSSR count). The summed E-state index contributed by atoms with van der Waals surface area (Å²) in [6.07, 6.45) is 1.96. The van der Waals surface area contributed by atoms with Crippen molar-refractivity contribution in [3.8, 4) is 5.75 Å². The standard InChI is InChI=1S/C23H24N2O2/c26-23(25-20-12-5-2-6-13-20)18-24-21-14-7-15-22(17-21)27-16-8-11-19-9-3-1-4-10-19/h1-7,9-10,12-15,17,24H,8,11,16,18H2,(H,25,26). The Morgan fingerprint density at radius 3 is 2.30 bits per heavy atom. The van der Waals surface area contributed by atoms with Crippen molar-refractivity contribution < 1.29 is 9.53 Å². The van der Waals surface area contributed by atoms with Crippen molar-refractivity contribution in [2.75, 3.05) is 23.8 Å². The molecule has 4 heteroatoms. The number of nitrogens with one attached hydrogen (secondary N) is 2. The topological polar surface area (TPSA) is 50.4 Å². The fourth-order valence-corrected chi connectivity index (χ4v) is 2.72. The average Bonchev–Trinajstić information content (AvgIpc) is 2.72. The summed E-state index contributed by atoms with van der Waals surface area (Å²) in [5.41, 5.74) is 2.97. The number of benzene rings is 3. The van der Waals surface area contributed by atoms with Crippen LogP contribution in [0.5, 0.6) is 5.75 Å². The summed E-state index contributed by atoms with van der Waals surface area (Å²) >= 11 is 0. The first kappa shape index (κ1) is 18.5. The monoisotopic (exact) mass is 360 g/mol. The van der Waals surface area contributed by atoms with Crippen LogP contribution in [-0.2, 0) is 11.2 Å². The van der Waals surface area contributed by atoms with E-state index in [1.165, 1.54) is 5.56 Å². The van der Waals surface area contributed by atoms with Crippen LogP contribution in [0.25, 0.3) is 0 Å². The summed E-state index contributed by atoms with van der Waals surface area (Å²) in [6, 6.07) is 27.5. The van der Waals surface area contributed by atoms with Crippen molar-refractivity contribution in [3.05, 3.63) is 90.5 Å². The van der Waals surface area contributed by atoms with Gasteiger partial charge in [0, 0.05) is 17.4 Å². The molecule has 3 aromatic rings. The van der Waals surface area contributed by atoms with E-state index in [0.29, 0.717) is 6.61 Å². The van der Waals surface area contributed by atoms with E-state index >= 15 is 0 Å². The van der Waals surface area contributed by atoms with Gasteiger partial charge in [-0.3, -0.25) is 4.79 Å². The van der Waals surface area contributed by atoms with E-state index in [-0.39, 0.29) is 12.5 Å². The Kier molecular flexibility index (Phi) is 6.87. The molecule has 0 unspecified atom stereocenters. The van der Waals surface area contributed by atoms with Crippen molar-refractivity contribution in [2.24, 2.45) is 0 Å². The lowest BCUT2D eigenvalue weighted by molar-refractivity contribution is -0.114. The molecule has 2 N–H and O–H groups in total. The van der Waals surface area contributed by atoms with Crippen LogP contribution in [0.3, 0.4) is 0 Å². The van der Waals surface area contributed by atoms with E-state index in [0.717, 1.165) is 30.0 Å². The van der Waals surface area contributed by atoms with Gasteiger partial charge in [-0.25, -0.2) is 0 Å². The Morgan fingerprint density at radius 2 is 1.52 bits per heavy atom. The van der Waals surface area contributed by atoms with Gasteiger partial charge in [0.1, 0.15) is 5.75 Å². The maximum atomic E-state index is 12.0. The highest BCUT2D eigenvalue weighted by Gasteiger charge is 2.03. The Bertz CT molecular complexity index is 835. The van der Waals surface area contributed by atoms with Gasteiger partial charge >= 0.3 is 0 Å². The maximum Gasteiger partial charge on any atom is 0.243 e. The minimum atomic E-state index is -0.0876. The predicted molar refractivity (Wildman–Crippen MR) is 110 cm³/mol. The smallest absolute Gasteiger partial charge is 0.243 e. The Hall–Kier alpha value is -3.27. The van der Waals surface area contributed by atoms with Gasteiger partial charge in [0.25, 0.3) is 0 Å². The number of hydrogen-bond acceptors (Lipinski definition) is 3. The van der Waals surface area contributed by atoms with Crippen LogP contribution >= 0.6 is 0 Å². The zero-order valence-corrected chi connectivity index (χ0v) is 15.2. The molecule has 0 bridgehead atoms. The number of para-hydroxylation sites is 1. The van der Waals surface area contributed by atoms with Gasteiger partial charge in [0.15, 0.2) is 0 Å². The third-order valence-electron chi connectivity index (χ3n) is 4.07. The van der Waals surface area contributed by atoms with Gasteiger partial charge in [-0.15, -0.1) is 0 Å². The number of hydrogen-bond donors (Lipinski definition) is 2. The number of carbonyl (C=O) groups is 1. The van der Waals surface area contributed by atoms with Crippen molar-refractivity contribution in [2.45, 2.75) is 12.8 Å². The Labute approximate surface area is 160 Å². The molecule has 0 saturated carbocycles. The number of amides is 1. The van der Waals surface area contributed by atoms with Crippen molar-refractivity contribution in [1.82, 2.24) is 0 Å². The van der Waals surface area contributed by atoms with Gasteiger partial charge in [-0.2, -0.15) is 0 Å². The summed E-state index contributed by atoms with van der Waals surface area (Å²) < 4.78 is 5.83. The number of anilines is 2. The van der Waals surface area contributed by atoms with Crippen LogP contribution in [0.4, 0.5) is 11.4 Å². The lowest BCUT2D eigenvalue weighted by atomic mass is 10.1. The number of aryl methyl sites for hydroxylation is 1. The van der Waals surface area contributed by atoms with Crippen LogP contribution in [0.15, 0.2) is 84.9 Å². The van der Waals surface area contributed by atoms with Crippen LogP contribution in [-0.4, -0.2) is 19.1 Å². The number of ether oxygens (including phenoxy) is 1. The number of rotatable bonds is 9. The van der Waals surface area contributed by atoms with Crippen molar-refractivity contribution >= 4 is 17.3 Å². The third-order valence-corrected chi connectivity index (χ3v) is 4.07. The quantitative estimate of drug-likeness (QED) is 0.542. The molecule has 0 aliphatic rings. The second-order valence-corrected chi connectivity index (χ2v) is 6.23. The van der Waals surface area contributed by atoms with Gasteiger partial charge in [0.2, 0.25) is 5.91 Å². The third kappa shape index (κ3) is 6.51. The Balaban J connectivity index is 1.41. The predicted octanol–water partition coefficient (Wildman–Crippen LogP) is 4.75. The second kappa shape index (κ2) is 10.0. The van der Waals surface area contributed by atoms with Crippen LogP contribution in [0.2, 0.25) is 0 Å².